The van der Waals surface area contributed by atoms with E-state index in [0.29, 0.717) is 37.6 Å². The van der Waals surface area contributed by atoms with Gasteiger partial charge in [0.05, 0.1) is 18.1 Å². The van der Waals surface area contributed by atoms with E-state index in [1.807, 2.05) is 43.1 Å². The molecule has 0 aliphatic heterocycles. The Morgan fingerprint density at radius 2 is 1.97 bits per heavy atom. The number of aromatic nitrogens is 3. The van der Waals surface area contributed by atoms with Crippen molar-refractivity contribution in [2.24, 2.45) is 5.14 Å². The van der Waals surface area contributed by atoms with Crippen LogP contribution in [0, 0.1) is 12.7 Å². The number of nitrogens with two attached hydrogens (primary N) is 1. The van der Waals surface area contributed by atoms with Crippen molar-refractivity contribution in [1.29, 1.82) is 0 Å². The molecule has 0 saturated heterocycles. The van der Waals surface area contributed by atoms with Crippen molar-refractivity contribution in [2.45, 2.75) is 31.2 Å². The third-order valence-corrected chi connectivity index (χ3v) is 5.63. The Balaban J connectivity index is 2.00. The van der Waals surface area contributed by atoms with Gasteiger partial charge in [0.25, 0.3) is 0 Å². The molecule has 166 valence electrons. The standard InChI is InChI=1S/C21H25F2N5O2S/c1-15-5-3-6-16(11-15)12-21-25-20(14-27(2)10-4-9-22)26-28(21)19-8-7-17(13-18(19)23)31(24,29)30/h3,5-8,11,13H,4,9-10,12,14H2,1-2H3,(H2,24,29,30). The van der Waals surface area contributed by atoms with Crippen LogP contribution in [-0.4, -0.2) is 48.3 Å². The van der Waals surface area contributed by atoms with Crippen molar-refractivity contribution in [3.63, 3.8) is 0 Å². The highest BCUT2D eigenvalue weighted by Gasteiger charge is 2.18. The Morgan fingerprint density at radius 1 is 1.19 bits per heavy atom. The zero-order chi connectivity index (χ0) is 22.6. The van der Waals surface area contributed by atoms with E-state index < -0.39 is 22.5 Å². The topological polar surface area (TPSA) is 94.1 Å². The highest BCUT2D eigenvalue weighted by molar-refractivity contribution is 7.89. The smallest absolute Gasteiger partial charge is 0.238 e. The van der Waals surface area contributed by atoms with Gasteiger partial charge in [-0.3, -0.25) is 9.29 Å². The molecule has 0 aliphatic rings. The molecule has 0 saturated carbocycles. The van der Waals surface area contributed by atoms with Crippen molar-refractivity contribution in [1.82, 2.24) is 19.7 Å². The molecule has 0 amide bonds. The molecule has 1 heterocycles. The van der Waals surface area contributed by atoms with E-state index in [2.05, 4.69) is 10.1 Å². The van der Waals surface area contributed by atoms with Crippen LogP contribution in [0.3, 0.4) is 0 Å². The minimum atomic E-state index is -4.03. The van der Waals surface area contributed by atoms with Gasteiger partial charge in [0.2, 0.25) is 10.0 Å². The van der Waals surface area contributed by atoms with E-state index in [-0.39, 0.29) is 10.6 Å². The second-order valence-electron chi connectivity index (χ2n) is 7.46. The summed E-state index contributed by atoms with van der Waals surface area (Å²) in [5.74, 6) is 0.180. The van der Waals surface area contributed by atoms with E-state index in [0.717, 1.165) is 17.2 Å². The number of benzene rings is 2. The van der Waals surface area contributed by atoms with Crippen molar-refractivity contribution >= 4 is 10.0 Å². The Bertz CT molecular complexity index is 1160. The fraction of sp³-hybridized carbons (Fsp3) is 0.333. The summed E-state index contributed by atoms with van der Waals surface area (Å²) in [6.07, 6.45) is 0.802. The normalized spacial score (nSPS) is 11.9. The predicted molar refractivity (Wildman–Crippen MR) is 114 cm³/mol. The molecule has 2 N–H and O–H groups in total. The van der Waals surface area contributed by atoms with Gasteiger partial charge in [-0.25, -0.2) is 27.6 Å². The molecule has 0 atom stereocenters. The minimum absolute atomic E-state index is 0.0696. The molecular formula is C21H25F2N5O2S. The summed E-state index contributed by atoms with van der Waals surface area (Å²) in [5, 5.41) is 9.55. The number of alkyl halides is 1. The SMILES string of the molecule is Cc1cccc(Cc2nc(CN(C)CCCF)nn2-c2ccc(S(N)(=O)=O)cc2F)c1. The lowest BCUT2D eigenvalue weighted by molar-refractivity contribution is 0.296. The lowest BCUT2D eigenvalue weighted by Gasteiger charge is -2.12. The summed E-state index contributed by atoms with van der Waals surface area (Å²) >= 11 is 0. The van der Waals surface area contributed by atoms with Gasteiger partial charge in [0.1, 0.15) is 17.3 Å². The third kappa shape index (κ3) is 5.93. The van der Waals surface area contributed by atoms with E-state index in [4.69, 9.17) is 5.14 Å². The zero-order valence-electron chi connectivity index (χ0n) is 17.4. The van der Waals surface area contributed by atoms with Gasteiger partial charge in [-0.1, -0.05) is 29.8 Å². The molecule has 0 radical (unpaired) electrons. The van der Waals surface area contributed by atoms with Gasteiger partial charge >= 0.3 is 0 Å². The monoisotopic (exact) mass is 449 g/mol. The van der Waals surface area contributed by atoms with Gasteiger partial charge in [-0.05, 0) is 44.2 Å². The fourth-order valence-electron chi connectivity index (χ4n) is 3.26. The minimum Gasteiger partial charge on any atom is -0.299 e. The average Bonchev–Trinajstić information content (AvgIpc) is 3.07. The Hall–Kier alpha value is -2.69. The summed E-state index contributed by atoms with van der Waals surface area (Å²) < 4.78 is 51.7. The largest absolute Gasteiger partial charge is 0.299 e. The van der Waals surface area contributed by atoms with Crippen LogP contribution in [0.1, 0.15) is 29.2 Å². The number of rotatable bonds is 9. The van der Waals surface area contributed by atoms with Crippen LogP contribution in [0.2, 0.25) is 0 Å². The third-order valence-electron chi connectivity index (χ3n) is 4.72. The summed E-state index contributed by atoms with van der Waals surface area (Å²) in [7, 11) is -2.20. The van der Waals surface area contributed by atoms with Crippen LogP contribution in [0.15, 0.2) is 47.4 Å². The van der Waals surface area contributed by atoms with Crippen LogP contribution >= 0.6 is 0 Å². The number of sulfonamides is 1. The van der Waals surface area contributed by atoms with Crippen LogP contribution in [0.4, 0.5) is 8.78 Å². The van der Waals surface area contributed by atoms with Gasteiger partial charge < -0.3 is 0 Å². The van der Waals surface area contributed by atoms with E-state index >= 15 is 0 Å². The first kappa shape index (κ1) is 23.0. The molecule has 3 aromatic rings. The maximum Gasteiger partial charge on any atom is 0.238 e. The highest BCUT2D eigenvalue weighted by Crippen LogP contribution is 2.21. The second kappa shape index (κ2) is 9.63. The average molecular weight is 450 g/mol. The zero-order valence-corrected chi connectivity index (χ0v) is 18.2. The summed E-state index contributed by atoms with van der Waals surface area (Å²) in [6, 6.07) is 11.3. The molecule has 0 aliphatic carbocycles. The summed E-state index contributed by atoms with van der Waals surface area (Å²) in [5.41, 5.74) is 2.13. The first-order valence-electron chi connectivity index (χ1n) is 9.75. The lowest BCUT2D eigenvalue weighted by Crippen LogP contribution is -2.20. The molecular weight excluding hydrogens is 424 g/mol. The van der Waals surface area contributed by atoms with Crippen molar-refractivity contribution in [3.8, 4) is 5.69 Å². The van der Waals surface area contributed by atoms with Gasteiger partial charge in [-0.15, -0.1) is 5.10 Å². The molecule has 0 unspecified atom stereocenters. The highest BCUT2D eigenvalue weighted by atomic mass is 32.2. The van der Waals surface area contributed by atoms with E-state index in [1.54, 1.807) is 0 Å². The Labute approximate surface area is 180 Å². The predicted octanol–water partition coefficient (Wildman–Crippen LogP) is 2.74. The number of hydrogen-bond acceptors (Lipinski definition) is 5. The van der Waals surface area contributed by atoms with Gasteiger partial charge in [0.15, 0.2) is 5.82 Å². The fourth-order valence-corrected chi connectivity index (χ4v) is 3.78. The molecule has 1 aromatic heterocycles. The van der Waals surface area contributed by atoms with Crippen LogP contribution in [0.25, 0.3) is 5.69 Å². The van der Waals surface area contributed by atoms with Crippen LogP contribution in [0.5, 0.6) is 0 Å². The first-order valence-corrected chi connectivity index (χ1v) is 11.3. The van der Waals surface area contributed by atoms with E-state index in [1.165, 1.54) is 16.8 Å². The molecule has 7 nitrogen and oxygen atoms in total. The number of hydrogen-bond donors (Lipinski definition) is 1. The number of primary sulfonamides is 1. The van der Waals surface area contributed by atoms with Crippen LogP contribution in [-0.2, 0) is 23.0 Å². The second-order valence-corrected chi connectivity index (χ2v) is 9.02. The molecule has 2 aromatic carbocycles. The van der Waals surface area contributed by atoms with Gasteiger partial charge in [-0.2, -0.15) is 0 Å². The van der Waals surface area contributed by atoms with Crippen molar-refractivity contribution in [3.05, 3.63) is 71.1 Å². The Morgan fingerprint density at radius 3 is 2.61 bits per heavy atom. The first-order chi connectivity index (χ1) is 14.7. The quantitative estimate of drug-likeness (QED) is 0.542. The molecule has 0 fully saturated rings. The molecule has 31 heavy (non-hydrogen) atoms. The Kier molecular flexibility index (Phi) is 7.14. The molecule has 10 heteroatoms. The van der Waals surface area contributed by atoms with E-state index in [9.17, 15) is 17.2 Å². The van der Waals surface area contributed by atoms with Gasteiger partial charge in [0, 0.05) is 13.0 Å². The number of halogens is 2. The lowest BCUT2D eigenvalue weighted by atomic mass is 10.1. The van der Waals surface area contributed by atoms with Crippen molar-refractivity contribution < 1.29 is 17.2 Å². The summed E-state index contributed by atoms with van der Waals surface area (Å²) in [4.78, 5) is 6.14. The molecule has 0 spiro atoms. The number of aryl methyl sites for hydroxylation is 1. The van der Waals surface area contributed by atoms with Crippen LogP contribution < -0.4 is 5.14 Å². The number of nitrogens with zero attached hydrogens (tertiary/aromatic N) is 4. The molecule has 0 bridgehead atoms. The van der Waals surface area contributed by atoms with Crippen molar-refractivity contribution in [2.75, 3.05) is 20.3 Å². The maximum absolute atomic E-state index is 14.8. The molecule has 3 rings (SSSR count). The maximum atomic E-state index is 14.8. The summed E-state index contributed by atoms with van der Waals surface area (Å²) in [6.45, 7) is 2.47.